The lowest BCUT2D eigenvalue weighted by Crippen LogP contribution is -2.11. The van der Waals surface area contributed by atoms with Crippen LogP contribution in [0.5, 0.6) is 0 Å². The summed E-state index contributed by atoms with van der Waals surface area (Å²) < 4.78 is 0. The molecule has 0 saturated carbocycles. The predicted molar refractivity (Wildman–Crippen MR) is 59.7 cm³/mol. The minimum Gasteiger partial charge on any atom is -0.366 e. The summed E-state index contributed by atoms with van der Waals surface area (Å²) in [4.78, 5) is 15.4. The number of primary amides is 1. The summed E-state index contributed by atoms with van der Waals surface area (Å²) >= 11 is 0. The van der Waals surface area contributed by atoms with Gasteiger partial charge in [-0.3, -0.25) is 9.79 Å². The molecule has 3 nitrogen and oxygen atoms in total. The molecule has 0 bridgehead atoms. The van der Waals surface area contributed by atoms with E-state index in [-0.39, 0.29) is 0 Å². The SMILES string of the molecule is NC(=O)c1cc2c3c(cccc3c1)N=C2. The van der Waals surface area contributed by atoms with Gasteiger partial charge in [0.05, 0.1) is 5.69 Å². The largest absolute Gasteiger partial charge is 0.366 e. The Kier molecular flexibility index (Phi) is 1.45. The molecule has 0 atom stereocenters. The zero-order valence-electron chi connectivity index (χ0n) is 7.90. The van der Waals surface area contributed by atoms with E-state index < -0.39 is 5.91 Å². The monoisotopic (exact) mass is 196 g/mol. The van der Waals surface area contributed by atoms with Crippen molar-refractivity contribution in [1.29, 1.82) is 0 Å². The lowest BCUT2D eigenvalue weighted by Gasteiger charge is -2.02. The van der Waals surface area contributed by atoms with E-state index >= 15 is 0 Å². The molecule has 1 aliphatic rings. The molecular formula is C12H8N2O. The van der Waals surface area contributed by atoms with Gasteiger partial charge >= 0.3 is 0 Å². The van der Waals surface area contributed by atoms with Gasteiger partial charge in [-0.1, -0.05) is 12.1 Å². The summed E-state index contributed by atoms with van der Waals surface area (Å²) in [6.45, 7) is 0. The molecule has 2 aromatic carbocycles. The molecule has 0 fully saturated rings. The summed E-state index contributed by atoms with van der Waals surface area (Å²) in [5.74, 6) is -0.404. The number of nitrogens with zero attached hydrogens (tertiary/aromatic N) is 1. The fourth-order valence-electron chi connectivity index (χ4n) is 1.93. The van der Waals surface area contributed by atoms with Crippen LogP contribution in [0.15, 0.2) is 35.3 Å². The van der Waals surface area contributed by atoms with Crippen LogP contribution >= 0.6 is 0 Å². The predicted octanol–water partition coefficient (Wildman–Crippen LogP) is 2.00. The summed E-state index contributed by atoms with van der Waals surface area (Å²) in [7, 11) is 0. The molecule has 0 saturated heterocycles. The Hall–Kier alpha value is -2.16. The first kappa shape index (κ1) is 8.17. The second-order valence-corrected chi connectivity index (χ2v) is 3.56. The molecule has 1 amide bonds. The average Bonchev–Trinajstić information content (AvgIpc) is 2.64. The van der Waals surface area contributed by atoms with Gasteiger partial charge < -0.3 is 5.73 Å². The van der Waals surface area contributed by atoms with E-state index in [1.54, 1.807) is 18.3 Å². The van der Waals surface area contributed by atoms with Gasteiger partial charge in [-0.25, -0.2) is 0 Å². The number of aliphatic imine (C=N–C) groups is 1. The minimum atomic E-state index is -0.404. The molecule has 2 N–H and O–H groups in total. The molecule has 1 heterocycles. The second-order valence-electron chi connectivity index (χ2n) is 3.56. The highest BCUT2D eigenvalue weighted by Crippen LogP contribution is 2.33. The minimum absolute atomic E-state index is 0.404. The smallest absolute Gasteiger partial charge is 0.248 e. The maximum absolute atomic E-state index is 11.1. The van der Waals surface area contributed by atoms with E-state index in [1.807, 2.05) is 18.2 Å². The van der Waals surface area contributed by atoms with Gasteiger partial charge in [-0.2, -0.15) is 0 Å². The van der Waals surface area contributed by atoms with Gasteiger partial charge in [0.2, 0.25) is 5.91 Å². The first-order chi connectivity index (χ1) is 7.25. The van der Waals surface area contributed by atoms with Gasteiger partial charge in [0.15, 0.2) is 0 Å². The summed E-state index contributed by atoms with van der Waals surface area (Å²) in [5.41, 5.74) is 7.72. The van der Waals surface area contributed by atoms with Crippen molar-refractivity contribution in [3.8, 4) is 0 Å². The first-order valence-corrected chi connectivity index (χ1v) is 4.66. The quantitative estimate of drug-likeness (QED) is 0.635. The van der Waals surface area contributed by atoms with Crippen LogP contribution in [0.4, 0.5) is 5.69 Å². The van der Waals surface area contributed by atoms with Gasteiger partial charge in [0.1, 0.15) is 0 Å². The fraction of sp³-hybridized carbons (Fsp3) is 0. The normalized spacial score (nSPS) is 12.3. The van der Waals surface area contributed by atoms with Crippen LogP contribution in [0, 0.1) is 0 Å². The summed E-state index contributed by atoms with van der Waals surface area (Å²) in [6, 6.07) is 9.43. The lowest BCUT2D eigenvalue weighted by molar-refractivity contribution is 0.100. The van der Waals surface area contributed by atoms with Crippen LogP contribution in [-0.2, 0) is 0 Å². The summed E-state index contributed by atoms with van der Waals surface area (Å²) in [6.07, 6.45) is 1.77. The van der Waals surface area contributed by atoms with Gasteiger partial charge in [-0.15, -0.1) is 0 Å². The number of carbonyl (C=O) groups excluding carboxylic acids is 1. The third-order valence-electron chi connectivity index (χ3n) is 2.61. The maximum Gasteiger partial charge on any atom is 0.248 e. The molecule has 2 aromatic rings. The van der Waals surface area contributed by atoms with Crippen molar-refractivity contribution < 1.29 is 4.79 Å². The molecule has 3 heteroatoms. The second kappa shape index (κ2) is 2.67. The highest BCUT2D eigenvalue weighted by molar-refractivity contribution is 6.13. The van der Waals surface area contributed by atoms with E-state index in [9.17, 15) is 4.79 Å². The Labute approximate surface area is 86.2 Å². The number of hydrogen-bond donors (Lipinski definition) is 1. The van der Waals surface area contributed by atoms with E-state index in [1.165, 1.54) is 0 Å². The molecule has 0 aliphatic carbocycles. The molecule has 72 valence electrons. The molecule has 0 aromatic heterocycles. The topological polar surface area (TPSA) is 55.5 Å². The molecule has 0 unspecified atom stereocenters. The summed E-state index contributed by atoms with van der Waals surface area (Å²) in [5, 5.41) is 2.11. The van der Waals surface area contributed by atoms with Crippen LogP contribution in [0.2, 0.25) is 0 Å². The highest BCUT2D eigenvalue weighted by atomic mass is 16.1. The Bertz CT molecular complexity index is 614. The molecule has 1 aliphatic heterocycles. The van der Waals surface area contributed by atoms with Gasteiger partial charge in [0, 0.05) is 22.7 Å². The van der Waals surface area contributed by atoms with Crippen LogP contribution in [-0.4, -0.2) is 12.1 Å². The van der Waals surface area contributed by atoms with Gasteiger partial charge in [0.25, 0.3) is 0 Å². The van der Waals surface area contributed by atoms with Crippen molar-refractivity contribution in [2.24, 2.45) is 10.7 Å². The Morgan fingerprint density at radius 3 is 2.93 bits per heavy atom. The Morgan fingerprint density at radius 2 is 2.13 bits per heavy atom. The molecule has 0 radical (unpaired) electrons. The molecule has 3 rings (SSSR count). The first-order valence-electron chi connectivity index (χ1n) is 4.66. The third-order valence-corrected chi connectivity index (χ3v) is 2.61. The highest BCUT2D eigenvalue weighted by Gasteiger charge is 2.12. The van der Waals surface area contributed by atoms with Crippen LogP contribution in [0.1, 0.15) is 15.9 Å². The number of rotatable bonds is 1. The van der Waals surface area contributed by atoms with Gasteiger partial charge in [-0.05, 0) is 23.6 Å². The van der Waals surface area contributed by atoms with Crippen LogP contribution in [0.3, 0.4) is 0 Å². The third kappa shape index (κ3) is 1.06. The molecule has 15 heavy (non-hydrogen) atoms. The number of carbonyl (C=O) groups is 1. The fourth-order valence-corrected chi connectivity index (χ4v) is 1.93. The van der Waals surface area contributed by atoms with Crippen LogP contribution in [0.25, 0.3) is 10.8 Å². The maximum atomic E-state index is 11.1. The van der Waals surface area contributed by atoms with E-state index in [2.05, 4.69) is 4.99 Å². The van der Waals surface area contributed by atoms with Crippen molar-refractivity contribution >= 4 is 28.6 Å². The number of benzene rings is 2. The molecular weight excluding hydrogens is 188 g/mol. The number of hydrogen-bond acceptors (Lipinski definition) is 2. The van der Waals surface area contributed by atoms with E-state index in [0.29, 0.717) is 5.56 Å². The number of nitrogens with two attached hydrogens (primary N) is 1. The van der Waals surface area contributed by atoms with Crippen molar-refractivity contribution in [2.45, 2.75) is 0 Å². The zero-order valence-corrected chi connectivity index (χ0v) is 7.90. The Morgan fingerprint density at radius 1 is 1.27 bits per heavy atom. The number of amides is 1. The van der Waals surface area contributed by atoms with Crippen molar-refractivity contribution in [1.82, 2.24) is 0 Å². The zero-order chi connectivity index (χ0) is 10.4. The van der Waals surface area contributed by atoms with E-state index in [4.69, 9.17) is 5.73 Å². The lowest BCUT2D eigenvalue weighted by atomic mass is 10.0. The van der Waals surface area contributed by atoms with Crippen LogP contribution < -0.4 is 5.73 Å². The van der Waals surface area contributed by atoms with Crippen molar-refractivity contribution in [3.05, 3.63) is 41.5 Å². The average molecular weight is 196 g/mol. The Balaban J connectivity index is 2.45. The van der Waals surface area contributed by atoms with Crippen molar-refractivity contribution in [2.75, 3.05) is 0 Å². The standard InChI is InChI=1S/C12H8N2O/c13-12(15)8-4-7-2-1-3-10-11(7)9(5-8)6-14-10/h1-6H,(H2,13,15). The van der Waals surface area contributed by atoms with Crippen molar-refractivity contribution in [3.63, 3.8) is 0 Å². The van der Waals surface area contributed by atoms with E-state index in [0.717, 1.165) is 22.0 Å². The molecule has 0 spiro atoms.